The molecule has 0 bridgehead atoms. The molecule has 2 fully saturated rings. The van der Waals surface area contributed by atoms with Gasteiger partial charge >= 0.3 is 0 Å². The third-order valence-corrected chi connectivity index (χ3v) is 3.59. The maximum atomic E-state index is 11.1. The van der Waals surface area contributed by atoms with Crippen LogP contribution in [0.1, 0.15) is 19.8 Å². The molecule has 0 aromatic carbocycles. The molecule has 3 nitrogen and oxygen atoms in total. The smallest absolute Gasteiger partial charge is 0.219 e. The number of hydrogen-bond acceptors (Lipinski definition) is 2. The third-order valence-electron chi connectivity index (χ3n) is 3.59. The first-order valence-electron chi connectivity index (χ1n) is 4.94. The summed E-state index contributed by atoms with van der Waals surface area (Å²) in [7, 11) is 4.08. The fraction of sp³-hybridized carbons (Fsp3) is 0.900. The first-order valence-corrected chi connectivity index (χ1v) is 4.94. The van der Waals surface area contributed by atoms with Crippen molar-refractivity contribution < 1.29 is 4.79 Å². The van der Waals surface area contributed by atoms with Crippen LogP contribution in [0.5, 0.6) is 0 Å². The van der Waals surface area contributed by atoms with E-state index in [9.17, 15) is 4.79 Å². The van der Waals surface area contributed by atoms with Gasteiger partial charge in [-0.15, -0.1) is 0 Å². The van der Waals surface area contributed by atoms with Crippen LogP contribution in [0.3, 0.4) is 0 Å². The summed E-state index contributed by atoms with van der Waals surface area (Å²) in [6.07, 6.45) is 2.43. The molecule has 1 saturated carbocycles. The van der Waals surface area contributed by atoms with Crippen LogP contribution in [0.15, 0.2) is 0 Å². The molecule has 0 atom stereocenters. The SMILES string of the molecule is CC(=O)N(C)C1CC2(C1)CN(C)C2. The average molecular weight is 182 g/mol. The van der Waals surface area contributed by atoms with E-state index >= 15 is 0 Å². The van der Waals surface area contributed by atoms with Crippen LogP contribution in [-0.4, -0.2) is 48.9 Å². The van der Waals surface area contributed by atoms with Crippen LogP contribution in [-0.2, 0) is 4.79 Å². The van der Waals surface area contributed by atoms with E-state index in [0.29, 0.717) is 11.5 Å². The van der Waals surface area contributed by atoms with Crippen LogP contribution >= 0.6 is 0 Å². The summed E-state index contributed by atoms with van der Waals surface area (Å²) in [5, 5.41) is 0. The fourth-order valence-electron chi connectivity index (χ4n) is 2.83. The molecule has 1 amide bonds. The van der Waals surface area contributed by atoms with E-state index in [1.807, 2.05) is 11.9 Å². The largest absolute Gasteiger partial charge is 0.343 e. The summed E-state index contributed by atoms with van der Waals surface area (Å²) in [4.78, 5) is 15.3. The number of amides is 1. The van der Waals surface area contributed by atoms with Crippen molar-refractivity contribution in [3.05, 3.63) is 0 Å². The molecule has 1 heterocycles. The Balaban J connectivity index is 1.82. The monoisotopic (exact) mass is 182 g/mol. The summed E-state index contributed by atoms with van der Waals surface area (Å²) in [6.45, 7) is 4.11. The summed E-state index contributed by atoms with van der Waals surface area (Å²) in [6, 6.07) is 0.520. The number of carbonyl (C=O) groups is 1. The zero-order valence-electron chi connectivity index (χ0n) is 8.71. The highest BCUT2D eigenvalue weighted by Crippen LogP contribution is 2.49. The Morgan fingerprint density at radius 2 is 2.00 bits per heavy atom. The first-order chi connectivity index (χ1) is 6.02. The van der Waals surface area contributed by atoms with E-state index in [0.717, 1.165) is 0 Å². The van der Waals surface area contributed by atoms with Gasteiger partial charge in [-0.05, 0) is 25.3 Å². The Labute approximate surface area is 79.7 Å². The van der Waals surface area contributed by atoms with Gasteiger partial charge < -0.3 is 9.80 Å². The van der Waals surface area contributed by atoms with Gasteiger partial charge in [0, 0.05) is 33.1 Å². The lowest BCUT2D eigenvalue weighted by Gasteiger charge is -2.59. The maximum absolute atomic E-state index is 11.1. The first kappa shape index (κ1) is 9.00. The van der Waals surface area contributed by atoms with Crippen molar-refractivity contribution in [2.24, 2.45) is 5.41 Å². The molecule has 1 aliphatic carbocycles. The van der Waals surface area contributed by atoms with Crippen molar-refractivity contribution in [1.29, 1.82) is 0 Å². The molecule has 2 rings (SSSR count). The number of carbonyl (C=O) groups excluding carboxylic acids is 1. The van der Waals surface area contributed by atoms with E-state index in [-0.39, 0.29) is 5.91 Å². The van der Waals surface area contributed by atoms with Crippen LogP contribution < -0.4 is 0 Å². The molecule has 13 heavy (non-hydrogen) atoms. The Bertz CT molecular complexity index is 225. The van der Waals surface area contributed by atoms with Crippen molar-refractivity contribution in [3.63, 3.8) is 0 Å². The Hall–Kier alpha value is -0.570. The molecular weight excluding hydrogens is 164 g/mol. The topological polar surface area (TPSA) is 23.6 Å². The van der Waals surface area contributed by atoms with Gasteiger partial charge in [-0.3, -0.25) is 4.79 Å². The minimum Gasteiger partial charge on any atom is -0.343 e. The van der Waals surface area contributed by atoms with Crippen LogP contribution in [0.2, 0.25) is 0 Å². The van der Waals surface area contributed by atoms with E-state index in [1.54, 1.807) is 6.92 Å². The second-order valence-corrected chi connectivity index (χ2v) is 4.86. The molecule has 0 aromatic rings. The molecule has 0 radical (unpaired) electrons. The van der Waals surface area contributed by atoms with Gasteiger partial charge in [0.15, 0.2) is 0 Å². The zero-order valence-corrected chi connectivity index (χ0v) is 8.71. The molecule has 1 saturated heterocycles. The second kappa shape index (κ2) is 2.71. The molecule has 0 N–H and O–H groups in total. The minimum atomic E-state index is 0.201. The fourth-order valence-corrected chi connectivity index (χ4v) is 2.83. The standard InChI is InChI=1S/C10H18N2O/c1-8(13)12(3)9-4-10(5-9)6-11(2)7-10/h9H,4-7H2,1-3H3. The summed E-state index contributed by atoms with van der Waals surface area (Å²) >= 11 is 0. The minimum absolute atomic E-state index is 0.201. The highest BCUT2D eigenvalue weighted by molar-refractivity contribution is 5.73. The summed E-state index contributed by atoms with van der Waals surface area (Å²) in [5.41, 5.74) is 0.586. The van der Waals surface area contributed by atoms with Gasteiger partial charge in [0.1, 0.15) is 0 Å². The van der Waals surface area contributed by atoms with Gasteiger partial charge in [-0.1, -0.05) is 0 Å². The van der Waals surface area contributed by atoms with Crippen LogP contribution in [0, 0.1) is 5.41 Å². The number of nitrogens with zero attached hydrogens (tertiary/aromatic N) is 2. The van der Waals surface area contributed by atoms with Crippen molar-refractivity contribution >= 4 is 5.91 Å². The third kappa shape index (κ3) is 1.35. The van der Waals surface area contributed by atoms with Crippen molar-refractivity contribution in [1.82, 2.24) is 9.80 Å². The lowest BCUT2D eigenvalue weighted by molar-refractivity contribution is -0.141. The maximum Gasteiger partial charge on any atom is 0.219 e. The van der Waals surface area contributed by atoms with Crippen molar-refractivity contribution in [3.8, 4) is 0 Å². The second-order valence-electron chi connectivity index (χ2n) is 4.86. The number of rotatable bonds is 1. The van der Waals surface area contributed by atoms with Gasteiger partial charge in [-0.2, -0.15) is 0 Å². The average Bonchev–Trinajstić information content (AvgIpc) is 1.92. The molecule has 2 aliphatic rings. The van der Waals surface area contributed by atoms with Gasteiger partial charge in [-0.25, -0.2) is 0 Å². The summed E-state index contributed by atoms with van der Waals surface area (Å²) < 4.78 is 0. The van der Waals surface area contributed by atoms with Crippen molar-refractivity contribution in [2.75, 3.05) is 27.2 Å². The Morgan fingerprint density at radius 1 is 1.46 bits per heavy atom. The van der Waals surface area contributed by atoms with Crippen LogP contribution in [0.4, 0.5) is 0 Å². The summed E-state index contributed by atoms with van der Waals surface area (Å²) in [5.74, 6) is 0.201. The number of hydrogen-bond donors (Lipinski definition) is 0. The molecule has 1 aliphatic heterocycles. The number of likely N-dealkylation sites (tertiary alicyclic amines) is 1. The van der Waals surface area contributed by atoms with Gasteiger partial charge in [0.05, 0.1) is 0 Å². The van der Waals surface area contributed by atoms with E-state index in [1.165, 1.54) is 25.9 Å². The lowest BCUT2D eigenvalue weighted by Crippen LogP contribution is -2.65. The molecule has 1 spiro atoms. The Kier molecular flexibility index (Phi) is 1.88. The predicted octanol–water partition coefficient (Wildman–Crippen LogP) is 0.559. The molecule has 0 aromatic heterocycles. The van der Waals surface area contributed by atoms with E-state index in [4.69, 9.17) is 0 Å². The molecular formula is C10H18N2O. The zero-order chi connectivity index (χ0) is 9.64. The molecule has 3 heteroatoms. The van der Waals surface area contributed by atoms with E-state index in [2.05, 4.69) is 11.9 Å². The van der Waals surface area contributed by atoms with Gasteiger partial charge in [0.25, 0.3) is 0 Å². The van der Waals surface area contributed by atoms with Gasteiger partial charge in [0.2, 0.25) is 5.91 Å². The highest BCUT2D eigenvalue weighted by Gasteiger charge is 2.52. The lowest BCUT2D eigenvalue weighted by atomic mass is 9.60. The van der Waals surface area contributed by atoms with Crippen LogP contribution in [0.25, 0.3) is 0 Å². The quantitative estimate of drug-likeness (QED) is 0.591. The van der Waals surface area contributed by atoms with E-state index < -0.39 is 0 Å². The van der Waals surface area contributed by atoms with Crippen molar-refractivity contribution in [2.45, 2.75) is 25.8 Å². The Morgan fingerprint density at radius 3 is 2.38 bits per heavy atom. The molecule has 0 unspecified atom stereocenters. The highest BCUT2D eigenvalue weighted by atomic mass is 16.2. The predicted molar refractivity (Wildman–Crippen MR) is 51.4 cm³/mol. The molecule has 74 valence electrons. The normalized spacial score (nSPS) is 26.7.